The second kappa shape index (κ2) is 7.51. The molecule has 0 bridgehead atoms. The number of carbonyl (C=O) groups excluding carboxylic acids is 1. The molecule has 1 amide bonds. The monoisotopic (exact) mass is 379 g/mol. The van der Waals surface area contributed by atoms with Gasteiger partial charge in [-0.3, -0.25) is 4.79 Å². The molecule has 1 N–H and O–H groups in total. The fourth-order valence-electron chi connectivity index (χ4n) is 2.50. The lowest BCUT2D eigenvalue weighted by Gasteiger charge is -2.08. The summed E-state index contributed by atoms with van der Waals surface area (Å²) in [5.41, 5.74) is 2.39. The molecule has 0 aliphatic rings. The zero-order valence-electron chi connectivity index (χ0n) is 14.1. The first kappa shape index (κ1) is 17.1. The second-order valence-corrected chi connectivity index (χ2v) is 6.70. The molecule has 7 heteroatoms. The third-order valence-electron chi connectivity index (χ3n) is 3.74. The molecule has 0 aliphatic carbocycles. The third kappa shape index (κ3) is 4.09. The van der Waals surface area contributed by atoms with E-state index in [0.717, 1.165) is 20.9 Å². The van der Waals surface area contributed by atoms with Gasteiger partial charge in [-0.2, -0.15) is 0 Å². The van der Waals surface area contributed by atoms with Crippen molar-refractivity contribution < 1.29 is 13.9 Å². The lowest BCUT2D eigenvalue weighted by atomic mass is 10.2. The average Bonchev–Trinajstić information content (AvgIpc) is 3.12. The first-order valence-electron chi connectivity index (χ1n) is 8.17. The summed E-state index contributed by atoms with van der Waals surface area (Å²) in [7, 11) is 0. The molecule has 0 saturated carbocycles. The smallest absolute Gasteiger partial charge is 0.262 e. The summed E-state index contributed by atoms with van der Waals surface area (Å²) in [5, 5.41) is 3.63. The van der Waals surface area contributed by atoms with Gasteiger partial charge in [0.05, 0.1) is 0 Å². The van der Waals surface area contributed by atoms with E-state index >= 15 is 0 Å². The standard InChI is InChI=1S/C20H14FN3O2S/c21-14-6-8-16(9-7-14)26-12-18(25)23-15-4-1-3-13(11-15)19-24-17-5-2-10-22-20(17)27-19/h1-11H,12H2,(H,23,25). The quantitative estimate of drug-likeness (QED) is 0.554. The Balaban J connectivity index is 1.44. The van der Waals surface area contributed by atoms with Crippen molar-refractivity contribution in [1.82, 2.24) is 9.97 Å². The number of pyridine rings is 1. The largest absolute Gasteiger partial charge is 0.484 e. The Labute approximate surface area is 158 Å². The van der Waals surface area contributed by atoms with E-state index in [9.17, 15) is 9.18 Å². The third-order valence-corrected chi connectivity index (χ3v) is 4.77. The Hall–Kier alpha value is -3.32. The van der Waals surface area contributed by atoms with Gasteiger partial charge in [0.2, 0.25) is 0 Å². The van der Waals surface area contributed by atoms with E-state index in [1.54, 1.807) is 12.3 Å². The van der Waals surface area contributed by atoms with Crippen LogP contribution in [0.2, 0.25) is 0 Å². The van der Waals surface area contributed by atoms with E-state index in [4.69, 9.17) is 4.74 Å². The van der Waals surface area contributed by atoms with Gasteiger partial charge in [0, 0.05) is 17.4 Å². The maximum absolute atomic E-state index is 12.9. The minimum Gasteiger partial charge on any atom is -0.484 e. The SMILES string of the molecule is O=C(COc1ccc(F)cc1)Nc1cccc(-c2nc3cccnc3s2)c1. The highest BCUT2D eigenvalue weighted by Crippen LogP contribution is 2.30. The molecule has 0 spiro atoms. The fraction of sp³-hybridized carbons (Fsp3) is 0.0500. The molecule has 0 radical (unpaired) electrons. The van der Waals surface area contributed by atoms with Crippen LogP contribution in [-0.4, -0.2) is 22.5 Å². The number of halogens is 1. The van der Waals surface area contributed by atoms with Crippen molar-refractivity contribution in [1.29, 1.82) is 0 Å². The van der Waals surface area contributed by atoms with E-state index in [1.807, 2.05) is 30.3 Å². The molecule has 2 heterocycles. The number of carbonyl (C=O) groups is 1. The van der Waals surface area contributed by atoms with E-state index in [0.29, 0.717) is 11.4 Å². The minimum atomic E-state index is -0.353. The number of hydrogen-bond donors (Lipinski definition) is 1. The number of benzene rings is 2. The predicted octanol–water partition coefficient (Wildman–Crippen LogP) is 4.51. The number of nitrogens with one attached hydrogen (secondary N) is 1. The lowest BCUT2D eigenvalue weighted by molar-refractivity contribution is -0.118. The molecule has 0 atom stereocenters. The molecule has 2 aromatic carbocycles. The van der Waals surface area contributed by atoms with Crippen LogP contribution >= 0.6 is 11.3 Å². The summed E-state index contributed by atoms with van der Waals surface area (Å²) in [6.45, 7) is -0.166. The summed E-state index contributed by atoms with van der Waals surface area (Å²) in [4.78, 5) is 21.9. The van der Waals surface area contributed by atoms with Crippen LogP contribution in [0, 0.1) is 5.82 Å². The van der Waals surface area contributed by atoms with Crippen molar-refractivity contribution in [2.45, 2.75) is 0 Å². The number of nitrogens with zero attached hydrogens (tertiary/aromatic N) is 2. The fourth-order valence-corrected chi connectivity index (χ4v) is 3.40. The summed E-state index contributed by atoms with van der Waals surface area (Å²) in [6.07, 6.45) is 1.74. The van der Waals surface area contributed by atoms with Crippen molar-refractivity contribution in [3.8, 4) is 16.3 Å². The van der Waals surface area contributed by atoms with Gasteiger partial charge in [0.15, 0.2) is 6.61 Å². The van der Waals surface area contributed by atoms with Crippen LogP contribution in [0.5, 0.6) is 5.75 Å². The maximum atomic E-state index is 12.9. The van der Waals surface area contributed by atoms with E-state index in [2.05, 4.69) is 15.3 Å². The summed E-state index contributed by atoms with van der Waals surface area (Å²) in [5.74, 6) is -0.224. The van der Waals surface area contributed by atoms with Crippen LogP contribution in [0.1, 0.15) is 0 Å². The molecule has 5 nitrogen and oxygen atoms in total. The molecular weight excluding hydrogens is 365 g/mol. The van der Waals surface area contributed by atoms with Crippen molar-refractivity contribution in [2.75, 3.05) is 11.9 Å². The molecule has 0 saturated heterocycles. The Morgan fingerprint density at radius 3 is 2.78 bits per heavy atom. The lowest BCUT2D eigenvalue weighted by Crippen LogP contribution is -2.20. The molecule has 2 aromatic heterocycles. The van der Waals surface area contributed by atoms with Gasteiger partial charge in [-0.15, -0.1) is 0 Å². The number of hydrogen-bond acceptors (Lipinski definition) is 5. The minimum absolute atomic E-state index is 0.166. The normalized spacial score (nSPS) is 10.7. The molecule has 4 rings (SSSR count). The van der Waals surface area contributed by atoms with Gasteiger partial charge < -0.3 is 10.1 Å². The number of anilines is 1. The Bertz CT molecular complexity index is 1060. The Kier molecular flexibility index (Phi) is 4.76. The van der Waals surface area contributed by atoms with Crippen molar-refractivity contribution >= 4 is 33.3 Å². The summed E-state index contributed by atoms with van der Waals surface area (Å²) >= 11 is 1.50. The van der Waals surface area contributed by atoms with Crippen molar-refractivity contribution in [3.63, 3.8) is 0 Å². The highest BCUT2D eigenvalue weighted by Gasteiger charge is 2.09. The average molecular weight is 379 g/mol. The van der Waals surface area contributed by atoms with E-state index in [1.165, 1.54) is 35.6 Å². The molecule has 0 aliphatic heterocycles. The number of ether oxygens (including phenoxy) is 1. The van der Waals surface area contributed by atoms with Gasteiger partial charge in [-0.25, -0.2) is 14.4 Å². The van der Waals surface area contributed by atoms with Gasteiger partial charge >= 0.3 is 0 Å². The van der Waals surface area contributed by atoms with Crippen molar-refractivity contribution in [2.24, 2.45) is 0 Å². The summed E-state index contributed by atoms with van der Waals surface area (Å²) < 4.78 is 18.2. The highest BCUT2D eigenvalue weighted by atomic mass is 32.1. The first-order valence-corrected chi connectivity index (χ1v) is 8.99. The topological polar surface area (TPSA) is 64.1 Å². The molecule has 0 unspecified atom stereocenters. The first-order chi connectivity index (χ1) is 13.2. The Morgan fingerprint density at radius 1 is 1.11 bits per heavy atom. The van der Waals surface area contributed by atoms with Crippen LogP contribution in [0.4, 0.5) is 10.1 Å². The van der Waals surface area contributed by atoms with E-state index < -0.39 is 0 Å². The van der Waals surface area contributed by atoms with Crippen LogP contribution in [-0.2, 0) is 4.79 Å². The predicted molar refractivity (Wildman–Crippen MR) is 103 cm³/mol. The van der Waals surface area contributed by atoms with Crippen LogP contribution in [0.25, 0.3) is 20.9 Å². The number of thiazole rings is 1. The van der Waals surface area contributed by atoms with Crippen LogP contribution < -0.4 is 10.1 Å². The molecule has 0 fully saturated rings. The van der Waals surface area contributed by atoms with Gasteiger partial charge in [-0.1, -0.05) is 23.5 Å². The zero-order valence-corrected chi connectivity index (χ0v) is 14.9. The van der Waals surface area contributed by atoms with Crippen LogP contribution in [0.15, 0.2) is 66.9 Å². The molecule has 4 aromatic rings. The number of rotatable bonds is 5. The maximum Gasteiger partial charge on any atom is 0.262 e. The van der Waals surface area contributed by atoms with Crippen molar-refractivity contribution in [3.05, 3.63) is 72.7 Å². The second-order valence-electron chi connectivity index (χ2n) is 5.72. The molecular formula is C20H14FN3O2S. The van der Waals surface area contributed by atoms with Crippen LogP contribution in [0.3, 0.4) is 0 Å². The number of amides is 1. The molecule has 27 heavy (non-hydrogen) atoms. The number of aromatic nitrogens is 2. The van der Waals surface area contributed by atoms with Gasteiger partial charge in [0.25, 0.3) is 5.91 Å². The van der Waals surface area contributed by atoms with Gasteiger partial charge in [-0.05, 0) is 48.5 Å². The highest BCUT2D eigenvalue weighted by molar-refractivity contribution is 7.21. The van der Waals surface area contributed by atoms with Gasteiger partial charge in [0.1, 0.15) is 26.9 Å². The zero-order chi connectivity index (χ0) is 18.6. The molecule has 134 valence electrons. The number of fused-ring (bicyclic) bond motifs is 1. The Morgan fingerprint density at radius 2 is 1.96 bits per heavy atom. The van der Waals surface area contributed by atoms with E-state index in [-0.39, 0.29) is 18.3 Å². The summed E-state index contributed by atoms with van der Waals surface area (Å²) in [6, 6.07) is 16.7.